The minimum absolute atomic E-state index is 0.0306. The van der Waals surface area contributed by atoms with Crippen molar-refractivity contribution < 1.29 is 24.2 Å². The molecule has 0 radical (unpaired) electrons. The summed E-state index contributed by atoms with van der Waals surface area (Å²) in [5.74, 6) is 0.634. The van der Waals surface area contributed by atoms with Gasteiger partial charge in [-0.15, -0.1) is 0 Å². The fourth-order valence-electron chi connectivity index (χ4n) is 2.53. The molecular weight excluding hydrogens is 366 g/mol. The molecule has 6 nitrogen and oxygen atoms in total. The number of methoxy groups -OCH3 is 1. The highest BCUT2D eigenvalue weighted by atomic mass is 32.2. The van der Waals surface area contributed by atoms with E-state index in [1.165, 1.54) is 13.2 Å². The average molecular weight is 385 g/mol. The Labute approximate surface area is 161 Å². The maximum atomic E-state index is 12.5. The highest BCUT2D eigenvalue weighted by Crippen LogP contribution is 2.34. The summed E-state index contributed by atoms with van der Waals surface area (Å²) in [5, 5.41) is 9.50. The molecule has 1 N–H and O–H groups in total. The van der Waals surface area contributed by atoms with E-state index >= 15 is 0 Å². The summed E-state index contributed by atoms with van der Waals surface area (Å²) in [7, 11) is 1.46. The molecule has 1 fully saturated rings. The van der Waals surface area contributed by atoms with Crippen LogP contribution in [0.3, 0.4) is 0 Å². The van der Waals surface area contributed by atoms with Gasteiger partial charge in [0, 0.05) is 0 Å². The molecule has 1 heterocycles. The Balaban J connectivity index is 1.64. The van der Waals surface area contributed by atoms with Gasteiger partial charge >= 0.3 is 0 Å². The summed E-state index contributed by atoms with van der Waals surface area (Å²) in [5.41, 5.74) is 1.73. The molecule has 2 amide bonds. The van der Waals surface area contributed by atoms with Gasteiger partial charge in [-0.2, -0.15) is 0 Å². The number of carbonyl (C=O) groups excluding carboxylic acids is 2. The third-order valence-corrected chi connectivity index (χ3v) is 4.89. The van der Waals surface area contributed by atoms with Crippen molar-refractivity contribution in [3.8, 4) is 17.2 Å². The molecule has 0 bridgehead atoms. The molecule has 0 atom stereocenters. The van der Waals surface area contributed by atoms with Crippen molar-refractivity contribution >= 4 is 29.0 Å². The van der Waals surface area contributed by atoms with Gasteiger partial charge in [0.1, 0.15) is 12.4 Å². The van der Waals surface area contributed by atoms with E-state index in [1.54, 1.807) is 18.2 Å². The predicted octanol–water partition coefficient (Wildman–Crippen LogP) is 3.82. The van der Waals surface area contributed by atoms with Crippen LogP contribution in [0.2, 0.25) is 0 Å². The number of nitrogens with zero attached hydrogens (tertiary/aromatic N) is 1. The van der Waals surface area contributed by atoms with E-state index in [9.17, 15) is 14.7 Å². The van der Waals surface area contributed by atoms with Crippen LogP contribution in [0, 0.1) is 6.92 Å². The maximum Gasteiger partial charge on any atom is 0.293 e. The molecule has 0 saturated carbocycles. The number of phenols is 1. The summed E-state index contributed by atoms with van der Waals surface area (Å²) in [6.45, 7) is 2.38. The molecule has 0 aliphatic carbocycles. The molecule has 7 heteroatoms. The van der Waals surface area contributed by atoms with Gasteiger partial charge < -0.3 is 14.6 Å². The first-order valence-corrected chi connectivity index (χ1v) is 9.11. The zero-order valence-electron chi connectivity index (χ0n) is 15.0. The van der Waals surface area contributed by atoms with Crippen LogP contribution in [0.4, 0.5) is 4.79 Å². The van der Waals surface area contributed by atoms with Crippen LogP contribution in [0.25, 0.3) is 6.08 Å². The van der Waals surface area contributed by atoms with Gasteiger partial charge in [0.2, 0.25) is 0 Å². The Morgan fingerprint density at radius 2 is 1.89 bits per heavy atom. The Hall–Kier alpha value is -2.93. The number of aromatic hydroxyl groups is 1. The van der Waals surface area contributed by atoms with Crippen molar-refractivity contribution in [3.63, 3.8) is 0 Å². The number of thioether (sulfide) groups is 1. The standard InChI is InChI=1S/C20H19NO5S/c1-13-3-6-15(7-4-13)26-10-9-21-19(23)18(27-20(21)24)12-14-5-8-17(25-2)16(22)11-14/h3-8,11-12,22H,9-10H2,1-2H3/b18-12-. The molecule has 27 heavy (non-hydrogen) atoms. The molecule has 3 rings (SSSR count). The minimum atomic E-state index is -0.368. The first-order valence-electron chi connectivity index (χ1n) is 8.30. The molecule has 1 saturated heterocycles. The monoisotopic (exact) mass is 385 g/mol. The van der Waals surface area contributed by atoms with Crippen LogP contribution in [-0.4, -0.2) is 41.4 Å². The first kappa shape index (κ1) is 18.8. The summed E-state index contributed by atoms with van der Waals surface area (Å²) in [6, 6.07) is 12.3. The predicted molar refractivity (Wildman–Crippen MR) is 104 cm³/mol. The number of hydrogen-bond acceptors (Lipinski definition) is 6. The molecule has 2 aromatic carbocycles. The molecule has 2 aromatic rings. The zero-order valence-corrected chi connectivity index (χ0v) is 15.8. The lowest BCUT2D eigenvalue weighted by Gasteiger charge is -2.13. The van der Waals surface area contributed by atoms with Gasteiger partial charge in [-0.25, -0.2) is 0 Å². The lowest BCUT2D eigenvalue weighted by molar-refractivity contribution is -0.123. The van der Waals surface area contributed by atoms with E-state index < -0.39 is 0 Å². The second kappa shape index (κ2) is 8.18. The number of ether oxygens (including phenoxy) is 2. The number of phenolic OH excluding ortho intramolecular Hbond substituents is 1. The Morgan fingerprint density at radius 1 is 1.15 bits per heavy atom. The van der Waals surface area contributed by atoms with E-state index in [4.69, 9.17) is 9.47 Å². The SMILES string of the molecule is COc1ccc(/C=C2\SC(=O)N(CCOc3ccc(C)cc3)C2=O)cc1O. The number of benzene rings is 2. The van der Waals surface area contributed by atoms with E-state index in [0.717, 1.165) is 22.2 Å². The molecule has 0 aromatic heterocycles. The van der Waals surface area contributed by atoms with Crippen LogP contribution in [0.5, 0.6) is 17.2 Å². The minimum Gasteiger partial charge on any atom is -0.504 e. The van der Waals surface area contributed by atoms with Gasteiger partial charge in [-0.3, -0.25) is 14.5 Å². The largest absolute Gasteiger partial charge is 0.504 e. The number of imide groups is 1. The lowest BCUT2D eigenvalue weighted by atomic mass is 10.2. The molecule has 140 valence electrons. The third kappa shape index (κ3) is 4.43. The van der Waals surface area contributed by atoms with Crippen molar-refractivity contribution in [2.45, 2.75) is 6.92 Å². The smallest absolute Gasteiger partial charge is 0.293 e. The number of amides is 2. The van der Waals surface area contributed by atoms with E-state index in [1.807, 2.05) is 31.2 Å². The van der Waals surface area contributed by atoms with Gasteiger partial charge in [-0.1, -0.05) is 23.8 Å². The third-order valence-electron chi connectivity index (χ3n) is 3.98. The number of hydrogen-bond donors (Lipinski definition) is 1. The normalized spacial score (nSPS) is 15.5. The average Bonchev–Trinajstić information content (AvgIpc) is 2.91. The molecular formula is C20H19NO5S. The van der Waals surface area contributed by atoms with Crippen molar-refractivity contribution in [1.82, 2.24) is 4.90 Å². The number of aryl methyl sites for hydroxylation is 1. The number of rotatable bonds is 6. The summed E-state index contributed by atoms with van der Waals surface area (Å²) >= 11 is 0.871. The van der Waals surface area contributed by atoms with E-state index in [2.05, 4.69) is 0 Å². The summed E-state index contributed by atoms with van der Waals surface area (Å²) in [4.78, 5) is 26.1. The second-order valence-corrected chi connectivity index (χ2v) is 6.92. The van der Waals surface area contributed by atoms with Crippen LogP contribution in [0.1, 0.15) is 11.1 Å². The fraction of sp³-hybridized carbons (Fsp3) is 0.200. The molecule has 0 spiro atoms. The maximum absolute atomic E-state index is 12.5. The van der Waals surface area contributed by atoms with Crippen molar-refractivity contribution in [1.29, 1.82) is 0 Å². The Bertz CT molecular complexity index is 892. The van der Waals surface area contributed by atoms with Crippen LogP contribution in [0.15, 0.2) is 47.4 Å². The van der Waals surface area contributed by atoms with Crippen LogP contribution < -0.4 is 9.47 Å². The zero-order chi connectivity index (χ0) is 19.4. The Kier molecular flexibility index (Phi) is 5.71. The van der Waals surface area contributed by atoms with Crippen molar-refractivity contribution in [2.24, 2.45) is 0 Å². The van der Waals surface area contributed by atoms with Crippen molar-refractivity contribution in [3.05, 3.63) is 58.5 Å². The van der Waals surface area contributed by atoms with Crippen molar-refractivity contribution in [2.75, 3.05) is 20.3 Å². The van der Waals surface area contributed by atoms with Gasteiger partial charge in [-0.05, 0) is 54.6 Å². The van der Waals surface area contributed by atoms with Gasteiger partial charge in [0.25, 0.3) is 11.1 Å². The lowest BCUT2D eigenvalue weighted by Crippen LogP contribution is -2.32. The molecule has 0 unspecified atom stereocenters. The first-order chi connectivity index (χ1) is 13.0. The second-order valence-electron chi connectivity index (χ2n) is 5.93. The van der Waals surface area contributed by atoms with Gasteiger partial charge in [0.05, 0.1) is 18.6 Å². The van der Waals surface area contributed by atoms with Gasteiger partial charge in [0.15, 0.2) is 11.5 Å². The molecule has 1 aliphatic rings. The Morgan fingerprint density at radius 3 is 2.56 bits per heavy atom. The molecule has 1 aliphatic heterocycles. The quantitative estimate of drug-likeness (QED) is 0.762. The summed E-state index contributed by atoms with van der Waals surface area (Å²) < 4.78 is 10.6. The van der Waals surface area contributed by atoms with E-state index in [-0.39, 0.29) is 30.0 Å². The van der Waals surface area contributed by atoms with Crippen LogP contribution in [-0.2, 0) is 4.79 Å². The highest BCUT2D eigenvalue weighted by Gasteiger charge is 2.34. The van der Waals surface area contributed by atoms with E-state index in [0.29, 0.717) is 22.0 Å². The number of carbonyl (C=O) groups is 2. The van der Waals surface area contributed by atoms with Crippen LogP contribution >= 0.6 is 11.8 Å². The summed E-state index contributed by atoms with van der Waals surface area (Å²) in [6.07, 6.45) is 1.57. The topological polar surface area (TPSA) is 76.1 Å². The fourth-order valence-corrected chi connectivity index (χ4v) is 3.40. The highest BCUT2D eigenvalue weighted by molar-refractivity contribution is 8.18.